The van der Waals surface area contributed by atoms with Crippen molar-refractivity contribution in [2.45, 2.75) is 6.42 Å². The molecule has 0 aliphatic carbocycles. The van der Waals surface area contributed by atoms with Crippen LogP contribution in [-0.4, -0.2) is 22.4 Å². The first-order chi connectivity index (χ1) is 14.7. The van der Waals surface area contributed by atoms with Crippen molar-refractivity contribution in [2.75, 3.05) is 11.6 Å². The fourth-order valence-electron chi connectivity index (χ4n) is 3.00. The summed E-state index contributed by atoms with van der Waals surface area (Å²) in [5.41, 5.74) is 7.56. The monoisotopic (exact) mass is 434 g/mol. The summed E-state index contributed by atoms with van der Waals surface area (Å²) in [5, 5.41) is 6.20. The molecule has 3 aromatic heterocycles. The van der Waals surface area contributed by atoms with Crippen LogP contribution in [0.25, 0.3) is 11.1 Å². The highest BCUT2D eigenvalue weighted by Crippen LogP contribution is 2.24. The van der Waals surface area contributed by atoms with Crippen molar-refractivity contribution in [2.24, 2.45) is 0 Å². The van der Waals surface area contributed by atoms with Gasteiger partial charge in [0.25, 0.3) is 5.91 Å². The number of hydrazine groups is 1. The van der Waals surface area contributed by atoms with Crippen molar-refractivity contribution in [3.05, 3.63) is 100 Å². The third-order valence-electron chi connectivity index (χ3n) is 4.56. The SMILES string of the molecule is O=C(c1cncc(-c2ccsc2)c1)N(NCCc1ccncc1)c1ccc(Cl)cc1. The third kappa shape index (κ3) is 4.91. The van der Waals surface area contributed by atoms with Gasteiger partial charge in [0.05, 0.1) is 11.3 Å². The van der Waals surface area contributed by atoms with Gasteiger partial charge in [-0.2, -0.15) is 11.3 Å². The van der Waals surface area contributed by atoms with Crippen LogP contribution in [0.4, 0.5) is 5.69 Å². The second-order valence-corrected chi connectivity index (χ2v) is 7.82. The number of rotatable bonds is 7. The number of nitrogens with zero attached hydrogens (tertiary/aromatic N) is 3. The normalized spacial score (nSPS) is 10.7. The molecule has 4 aromatic rings. The van der Waals surface area contributed by atoms with Gasteiger partial charge in [-0.15, -0.1) is 0 Å². The van der Waals surface area contributed by atoms with Gasteiger partial charge < -0.3 is 0 Å². The molecule has 150 valence electrons. The summed E-state index contributed by atoms with van der Waals surface area (Å²) in [7, 11) is 0. The van der Waals surface area contributed by atoms with Crippen LogP contribution in [0.2, 0.25) is 5.02 Å². The van der Waals surface area contributed by atoms with Gasteiger partial charge in [0.15, 0.2) is 0 Å². The van der Waals surface area contributed by atoms with E-state index in [1.54, 1.807) is 53.3 Å². The Labute approximate surface area is 184 Å². The van der Waals surface area contributed by atoms with E-state index in [1.165, 1.54) is 0 Å². The fraction of sp³-hybridized carbons (Fsp3) is 0.0870. The Balaban J connectivity index is 1.57. The molecular weight excluding hydrogens is 416 g/mol. The molecule has 0 bridgehead atoms. The summed E-state index contributed by atoms with van der Waals surface area (Å²) in [6, 6.07) is 15.0. The maximum Gasteiger partial charge on any atom is 0.274 e. The van der Waals surface area contributed by atoms with Gasteiger partial charge in [-0.3, -0.25) is 14.8 Å². The van der Waals surface area contributed by atoms with E-state index in [0.29, 0.717) is 22.8 Å². The van der Waals surface area contributed by atoms with E-state index >= 15 is 0 Å². The van der Waals surface area contributed by atoms with E-state index in [9.17, 15) is 4.79 Å². The van der Waals surface area contributed by atoms with Crippen molar-refractivity contribution in [1.29, 1.82) is 0 Å². The van der Waals surface area contributed by atoms with Gasteiger partial charge in [0, 0.05) is 41.9 Å². The molecule has 0 radical (unpaired) electrons. The molecule has 0 unspecified atom stereocenters. The lowest BCUT2D eigenvalue weighted by molar-refractivity contribution is 0.0974. The Kier molecular flexibility index (Phi) is 6.49. The maximum atomic E-state index is 13.4. The fourth-order valence-corrected chi connectivity index (χ4v) is 3.80. The van der Waals surface area contributed by atoms with Crippen LogP contribution in [0.15, 0.2) is 84.1 Å². The summed E-state index contributed by atoms with van der Waals surface area (Å²) in [6.45, 7) is 0.579. The molecule has 0 aliphatic heterocycles. The molecule has 0 saturated heterocycles. The molecule has 0 atom stereocenters. The van der Waals surface area contributed by atoms with E-state index in [4.69, 9.17) is 11.6 Å². The van der Waals surface area contributed by atoms with E-state index in [1.807, 2.05) is 47.2 Å². The number of thiophene rings is 1. The zero-order valence-corrected chi connectivity index (χ0v) is 17.6. The highest BCUT2D eigenvalue weighted by atomic mass is 35.5. The number of carbonyl (C=O) groups is 1. The quantitative estimate of drug-likeness (QED) is 0.403. The molecule has 0 fully saturated rings. The second-order valence-electron chi connectivity index (χ2n) is 6.60. The van der Waals surface area contributed by atoms with Crippen LogP contribution in [-0.2, 0) is 6.42 Å². The number of benzene rings is 1. The molecule has 0 aliphatic rings. The highest BCUT2D eigenvalue weighted by molar-refractivity contribution is 7.08. The van der Waals surface area contributed by atoms with E-state index in [2.05, 4.69) is 15.4 Å². The molecule has 7 heteroatoms. The van der Waals surface area contributed by atoms with Crippen molar-refractivity contribution >= 4 is 34.5 Å². The summed E-state index contributed by atoms with van der Waals surface area (Å²) >= 11 is 7.65. The number of anilines is 1. The van der Waals surface area contributed by atoms with Gasteiger partial charge in [0.1, 0.15) is 0 Å². The third-order valence-corrected chi connectivity index (χ3v) is 5.50. The van der Waals surface area contributed by atoms with Gasteiger partial charge in [-0.25, -0.2) is 10.4 Å². The molecule has 30 heavy (non-hydrogen) atoms. The minimum absolute atomic E-state index is 0.184. The largest absolute Gasteiger partial charge is 0.274 e. The Bertz CT molecular complexity index is 1100. The summed E-state index contributed by atoms with van der Waals surface area (Å²) in [4.78, 5) is 21.7. The molecule has 4 rings (SSSR count). The second kappa shape index (κ2) is 9.63. The van der Waals surface area contributed by atoms with E-state index in [-0.39, 0.29) is 5.91 Å². The zero-order chi connectivity index (χ0) is 20.8. The van der Waals surface area contributed by atoms with Crippen LogP contribution >= 0.6 is 22.9 Å². The lowest BCUT2D eigenvalue weighted by atomic mass is 10.1. The summed E-state index contributed by atoms with van der Waals surface area (Å²) < 4.78 is 0. The van der Waals surface area contributed by atoms with Crippen LogP contribution in [0.5, 0.6) is 0 Å². The van der Waals surface area contributed by atoms with Gasteiger partial charge in [-0.1, -0.05) is 11.6 Å². The lowest BCUT2D eigenvalue weighted by Crippen LogP contribution is -2.44. The molecule has 1 amide bonds. The first kappa shape index (κ1) is 20.2. The summed E-state index contributed by atoms with van der Waals surface area (Å²) in [6.07, 6.45) is 7.64. The topological polar surface area (TPSA) is 58.1 Å². The molecule has 1 N–H and O–H groups in total. The van der Waals surface area contributed by atoms with Crippen molar-refractivity contribution in [3.63, 3.8) is 0 Å². The summed E-state index contributed by atoms with van der Waals surface area (Å²) in [5.74, 6) is -0.184. The number of nitrogens with one attached hydrogen (secondary N) is 1. The van der Waals surface area contributed by atoms with Gasteiger partial charge in [-0.05, 0) is 76.8 Å². The molecular formula is C23H19ClN4OS. The molecule has 0 spiro atoms. The predicted octanol–water partition coefficient (Wildman–Crippen LogP) is 5.25. The average Bonchev–Trinajstić information content (AvgIpc) is 3.33. The lowest BCUT2D eigenvalue weighted by Gasteiger charge is -2.24. The molecule has 5 nitrogen and oxygen atoms in total. The standard InChI is InChI=1S/C23H19ClN4OS/c24-21-1-3-22(4-2-21)28(27-11-7-17-5-9-25-10-6-17)23(29)20-13-19(14-26-15-20)18-8-12-30-16-18/h1-6,8-10,12-16,27H,7,11H2. The minimum Gasteiger partial charge on any atom is -0.267 e. The number of pyridine rings is 2. The first-order valence-corrected chi connectivity index (χ1v) is 10.7. The smallest absolute Gasteiger partial charge is 0.267 e. The minimum atomic E-state index is -0.184. The van der Waals surface area contributed by atoms with Gasteiger partial charge in [0.2, 0.25) is 0 Å². The number of aromatic nitrogens is 2. The van der Waals surface area contributed by atoms with Crippen LogP contribution in [0.3, 0.4) is 0 Å². The van der Waals surface area contributed by atoms with Crippen LogP contribution < -0.4 is 10.4 Å². The predicted molar refractivity (Wildman–Crippen MR) is 122 cm³/mol. The average molecular weight is 435 g/mol. The maximum absolute atomic E-state index is 13.4. The Morgan fingerprint density at radius 3 is 2.53 bits per heavy atom. The molecule has 1 aromatic carbocycles. The van der Waals surface area contributed by atoms with Gasteiger partial charge >= 0.3 is 0 Å². The van der Waals surface area contributed by atoms with Crippen molar-refractivity contribution in [3.8, 4) is 11.1 Å². The molecule has 3 heterocycles. The van der Waals surface area contributed by atoms with Crippen molar-refractivity contribution in [1.82, 2.24) is 15.4 Å². The Morgan fingerprint density at radius 2 is 1.80 bits per heavy atom. The number of hydrogen-bond donors (Lipinski definition) is 1. The number of carbonyl (C=O) groups excluding carboxylic acids is 1. The molecule has 0 saturated carbocycles. The Morgan fingerprint density at radius 1 is 1.00 bits per heavy atom. The van der Waals surface area contributed by atoms with E-state index in [0.717, 1.165) is 23.1 Å². The van der Waals surface area contributed by atoms with Crippen LogP contribution in [0, 0.1) is 0 Å². The Hall–Kier alpha value is -3.06. The highest BCUT2D eigenvalue weighted by Gasteiger charge is 2.19. The van der Waals surface area contributed by atoms with Crippen molar-refractivity contribution < 1.29 is 4.79 Å². The zero-order valence-electron chi connectivity index (χ0n) is 16.0. The number of hydrogen-bond acceptors (Lipinski definition) is 5. The first-order valence-electron chi connectivity index (χ1n) is 9.41. The number of halogens is 1. The van der Waals surface area contributed by atoms with Crippen LogP contribution in [0.1, 0.15) is 15.9 Å². The van der Waals surface area contributed by atoms with E-state index < -0.39 is 0 Å². The number of amides is 1.